The third-order valence-electron chi connectivity index (χ3n) is 4.57. The van der Waals surface area contributed by atoms with E-state index in [1.54, 1.807) is 18.2 Å². The first-order valence-corrected chi connectivity index (χ1v) is 7.66. The van der Waals surface area contributed by atoms with Crippen LogP contribution >= 0.6 is 0 Å². The molecule has 1 aromatic heterocycles. The maximum absolute atomic E-state index is 12.4. The van der Waals surface area contributed by atoms with Crippen LogP contribution in [0.3, 0.4) is 0 Å². The van der Waals surface area contributed by atoms with Crippen LogP contribution in [0.2, 0.25) is 0 Å². The molecule has 22 heavy (non-hydrogen) atoms. The number of hydrogen-bond acceptors (Lipinski definition) is 2. The minimum Gasteiger partial charge on any atom is -0.478 e. The highest BCUT2D eigenvalue weighted by atomic mass is 16.4. The number of rotatable bonds is 3. The van der Waals surface area contributed by atoms with Gasteiger partial charge in [0.25, 0.3) is 0 Å². The number of aromatic nitrogens is 1. The molecule has 1 aliphatic heterocycles. The summed E-state index contributed by atoms with van der Waals surface area (Å²) in [7, 11) is 0. The zero-order valence-electron chi connectivity index (χ0n) is 12.8. The zero-order valence-corrected chi connectivity index (χ0v) is 12.8. The van der Waals surface area contributed by atoms with Gasteiger partial charge in [0.05, 0.1) is 5.56 Å². The average molecular weight is 300 g/mol. The van der Waals surface area contributed by atoms with Gasteiger partial charge in [0.1, 0.15) is 0 Å². The number of aromatic amines is 1. The predicted octanol–water partition coefficient (Wildman–Crippen LogP) is 2.80. The number of carbonyl (C=O) groups excluding carboxylic acids is 1. The Labute approximate surface area is 128 Å². The molecule has 1 aliphatic rings. The van der Waals surface area contributed by atoms with Crippen molar-refractivity contribution in [2.24, 2.45) is 5.92 Å². The van der Waals surface area contributed by atoms with E-state index < -0.39 is 5.97 Å². The molecule has 2 aromatic rings. The lowest BCUT2D eigenvalue weighted by Crippen LogP contribution is -2.38. The minimum absolute atomic E-state index is 0.0290. The molecule has 1 amide bonds. The quantitative estimate of drug-likeness (QED) is 0.915. The van der Waals surface area contributed by atoms with E-state index in [0.717, 1.165) is 41.5 Å². The monoisotopic (exact) mass is 300 g/mol. The Morgan fingerprint density at radius 3 is 2.86 bits per heavy atom. The van der Waals surface area contributed by atoms with Crippen molar-refractivity contribution in [1.29, 1.82) is 0 Å². The summed E-state index contributed by atoms with van der Waals surface area (Å²) >= 11 is 0. The smallest absolute Gasteiger partial charge is 0.335 e. The van der Waals surface area contributed by atoms with Crippen molar-refractivity contribution in [2.75, 3.05) is 6.54 Å². The predicted molar refractivity (Wildman–Crippen MR) is 83.8 cm³/mol. The molecular weight excluding hydrogens is 280 g/mol. The number of carboxylic acids is 1. The van der Waals surface area contributed by atoms with Crippen LogP contribution < -0.4 is 0 Å². The Bertz CT molecular complexity index is 748. The Morgan fingerprint density at radius 2 is 2.18 bits per heavy atom. The van der Waals surface area contributed by atoms with Gasteiger partial charge in [-0.3, -0.25) is 4.79 Å². The van der Waals surface area contributed by atoms with Gasteiger partial charge < -0.3 is 15.0 Å². The third kappa shape index (κ3) is 2.36. The molecule has 1 unspecified atom stereocenters. The second-order valence-corrected chi connectivity index (χ2v) is 5.97. The van der Waals surface area contributed by atoms with E-state index in [1.165, 1.54) is 0 Å². The van der Waals surface area contributed by atoms with Crippen molar-refractivity contribution in [3.63, 3.8) is 0 Å². The normalized spacial score (nSPS) is 15.6. The van der Waals surface area contributed by atoms with Crippen molar-refractivity contribution >= 4 is 22.8 Å². The van der Waals surface area contributed by atoms with E-state index in [0.29, 0.717) is 6.54 Å². The number of nitrogens with one attached hydrogen (secondary N) is 1. The Kier molecular flexibility index (Phi) is 3.64. The van der Waals surface area contributed by atoms with Crippen LogP contribution in [0.4, 0.5) is 0 Å². The average Bonchev–Trinajstić information content (AvgIpc) is 2.90. The highest BCUT2D eigenvalue weighted by molar-refractivity contribution is 5.95. The fourth-order valence-corrected chi connectivity index (χ4v) is 3.02. The lowest BCUT2D eigenvalue weighted by molar-refractivity contribution is -0.136. The Hall–Kier alpha value is -2.30. The zero-order chi connectivity index (χ0) is 15.9. The van der Waals surface area contributed by atoms with Crippen molar-refractivity contribution < 1.29 is 14.7 Å². The molecule has 2 N–H and O–H groups in total. The van der Waals surface area contributed by atoms with Gasteiger partial charge >= 0.3 is 5.97 Å². The molecule has 0 radical (unpaired) electrons. The fourth-order valence-electron chi connectivity index (χ4n) is 3.02. The Balaban J connectivity index is 1.98. The second-order valence-electron chi connectivity index (χ2n) is 5.97. The lowest BCUT2D eigenvalue weighted by Gasteiger charge is -2.29. The highest BCUT2D eigenvalue weighted by Gasteiger charge is 2.26. The molecule has 0 fully saturated rings. The molecule has 0 spiro atoms. The number of benzene rings is 1. The number of aromatic carboxylic acids is 1. The molecule has 0 aliphatic carbocycles. The van der Waals surface area contributed by atoms with Gasteiger partial charge in [-0.05, 0) is 24.6 Å². The first-order chi connectivity index (χ1) is 10.5. The van der Waals surface area contributed by atoms with Crippen LogP contribution in [0, 0.1) is 5.92 Å². The molecule has 5 heteroatoms. The van der Waals surface area contributed by atoms with Gasteiger partial charge in [-0.25, -0.2) is 4.79 Å². The number of carboxylic acid groups (broad SMARTS) is 1. The van der Waals surface area contributed by atoms with Gasteiger partial charge in [-0.1, -0.05) is 13.8 Å². The van der Waals surface area contributed by atoms with Crippen LogP contribution in [0.25, 0.3) is 10.9 Å². The molecular formula is C17H20N2O3. The van der Waals surface area contributed by atoms with Crippen LogP contribution in [-0.2, 0) is 17.8 Å². The van der Waals surface area contributed by atoms with Gasteiger partial charge in [-0.2, -0.15) is 0 Å². The van der Waals surface area contributed by atoms with Crippen LogP contribution in [-0.4, -0.2) is 33.4 Å². The summed E-state index contributed by atoms with van der Waals surface area (Å²) in [5.74, 6) is -0.724. The van der Waals surface area contributed by atoms with E-state index in [9.17, 15) is 9.59 Å². The molecule has 1 aromatic carbocycles. The number of carbonyl (C=O) groups is 2. The SMILES string of the molecule is CCC(C)C(=O)N1CCc2[nH]c3ccc(C(=O)O)cc3c2C1. The first kappa shape index (κ1) is 14.6. The summed E-state index contributed by atoms with van der Waals surface area (Å²) in [6.07, 6.45) is 1.62. The molecule has 116 valence electrons. The topological polar surface area (TPSA) is 73.4 Å². The number of amides is 1. The lowest BCUT2D eigenvalue weighted by atomic mass is 10.0. The number of hydrogen-bond donors (Lipinski definition) is 2. The molecule has 0 saturated heterocycles. The van der Waals surface area contributed by atoms with Crippen LogP contribution in [0.5, 0.6) is 0 Å². The second kappa shape index (κ2) is 5.48. The largest absolute Gasteiger partial charge is 0.478 e. The molecule has 1 atom stereocenters. The fraction of sp³-hybridized carbons (Fsp3) is 0.412. The number of H-pyrrole nitrogens is 1. The van der Waals surface area contributed by atoms with Gasteiger partial charge in [-0.15, -0.1) is 0 Å². The molecule has 3 rings (SSSR count). The van der Waals surface area contributed by atoms with Crippen molar-refractivity contribution in [3.05, 3.63) is 35.0 Å². The minimum atomic E-state index is -0.930. The molecule has 2 heterocycles. The highest BCUT2D eigenvalue weighted by Crippen LogP contribution is 2.29. The van der Waals surface area contributed by atoms with E-state index in [1.807, 2.05) is 18.7 Å². The van der Waals surface area contributed by atoms with Gasteiger partial charge in [0.2, 0.25) is 5.91 Å². The van der Waals surface area contributed by atoms with Crippen LogP contribution in [0.1, 0.15) is 41.9 Å². The first-order valence-electron chi connectivity index (χ1n) is 7.66. The maximum atomic E-state index is 12.4. The number of nitrogens with zero attached hydrogens (tertiary/aromatic N) is 1. The summed E-state index contributed by atoms with van der Waals surface area (Å²) in [6.45, 7) is 5.24. The van der Waals surface area contributed by atoms with Gasteiger partial charge in [0.15, 0.2) is 0 Å². The summed E-state index contributed by atoms with van der Waals surface area (Å²) in [5.41, 5.74) is 3.39. The maximum Gasteiger partial charge on any atom is 0.335 e. The molecule has 0 bridgehead atoms. The van der Waals surface area contributed by atoms with E-state index in [2.05, 4.69) is 4.98 Å². The van der Waals surface area contributed by atoms with Crippen molar-refractivity contribution in [3.8, 4) is 0 Å². The van der Waals surface area contributed by atoms with E-state index in [4.69, 9.17) is 5.11 Å². The summed E-state index contributed by atoms with van der Waals surface area (Å²) in [5, 5.41) is 10.1. The van der Waals surface area contributed by atoms with Crippen molar-refractivity contribution in [2.45, 2.75) is 33.2 Å². The van der Waals surface area contributed by atoms with Crippen LogP contribution in [0.15, 0.2) is 18.2 Å². The van der Waals surface area contributed by atoms with Gasteiger partial charge in [0, 0.05) is 47.6 Å². The Morgan fingerprint density at radius 1 is 1.41 bits per heavy atom. The molecule has 5 nitrogen and oxygen atoms in total. The summed E-state index contributed by atoms with van der Waals surface area (Å²) in [4.78, 5) is 28.8. The summed E-state index contributed by atoms with van der Waals surface area (Å²) in [6, 6.07) is 5.11. The van der Waals surface area contributed by atoms with Crippen molar-refractivity contribution in [1.82, 2.24) is 9.88 Å². The van der Waals surface area contributed by atoms with E-state index >= 15 is 0 Å². The standard InChI is InChI=1S/C17H20N2O3/c1-3-10(2)16(20)19-7-6-15-13(9-19)12-8-11(17(21)22)4-5-14(12)18-15/h4-5,8,10,18H,3,6-7,9H2,1-2H3,(H,21,22). The summed E-state index contributed by atoms with van der Waals surface area (Å²) < 4.78 is 0. The molecule has 0 saturated carbocycles. The van der Waals surface area contributed by atoms with E-state index in [-0.39, 0.29) is 17.4 Å². The number of fused-ring (bicyclic) bond motifs is 3. The third-order valence-corrected chi connectivity index (χ3v) is 4.57.